The molecule has 19 heavy (non-hydrogen) atoms. The summed E-state index contributed by atoms with van der Waals surface area (Å²) in [6, 6.07) is 4.16. The minimum atomic E-state index is -0.587. The van der Waals surface area contributed by atoms with E-state index < -0.39 is 5.60 Å². The van der Waals surface area contributed by atoms with Crippen molar-refractivity contribution in [3.8, 4) is 0 Å². The van der Waals surface area contributed by atoms with E-state index in [4.69, 9.17) is 0 Å². The fourth-order valence-electron chi connectivity index (χ4n) is 2.44. The minimum absolute atomic E-state index is 0.345. The number of piperidine rings is 1. The summed E-state index contributed by atoms with van der Waals surface area (Å²) in [6.45, 7) is 11.8. The van der Waals surface area contributed by atoms with Crippen molar-refractivity contribution in [3.63, 3.8) is 0 Å². The van der Waals surface area contributed by atoms with Crippen molar-refractivity contribution in [1.29, 1.82) is 0 Å². The van der Waals surface area contributed by atoms with Crippen LogP contribution in [-0.2, 0) is 0 Å². The summed E-state index contributed by atoms with van der Waals surface area (Å²) in [6.07, 6.45) is 4.18. The number of hydrogen-bond donors (Lipinski definition) is 1. The lowest BCUT2D eigenvalue weighted by molar-refractivity contribution is 0.0110. The average Bonchev–Trinajstić information content (AvgIpc) is 2.41. The van der Waals surface area contributed by atoms with E-state index in [1.165, 1.54) is 5.69 Å². The average molecular weight is 264 g/mol. The number of aliphatic hydroxyl groups is 1. The molecule has 1 aliphatic rings. The lowest BCUT2D eigenvalue weighted by Gasteiger charge is -2.39. The van der Waals surface area contributed by atoms with Crippen LogP contribution in [0, 0.1) is 12.8 Å². The molecular weight excluding hydrogens is 236 g/mol. The first kappa shape index (κ1) is 16.0. The Labute approximate surface area is 117 Å². The van der Waals surface area contributed by atoms with Crippen LogP contribution in [0.3, 0.4) is 0 Å². The third kappa shape index (κ3) is 4.50. The molecule has 0 radical (unpaired) electrons. The molecule has 0 amide bonds. The summed E-state index contributed by atoms with van der Waals surface area (Å²) in [4.78, 5) is 6.67. The van der Waals surface area contributed by atoms with E-state index >= 15 is 0 Å². The second kappa shape index (κ2) is 6.90. The summed E-state index contributed by atoms with van der Waals surface area (Å²) >= 11 is 0. The summed E-state index contributed by atoms with van der Waals surface area (Å²) in [5.74, 6) is 0.345. The van der Waals surface area contributed by atoms with Crippen LogP contribution >= 0.6 is 0 Å². The highest BCUT2D eigenvalue weighted by Crippen LogP contribution is 2.29. The van der Waals surface area contributed by atoms with Crippen LogP contribution in [0.15, 0.2) is 18.3 Å². The summed E-state index contributed by atoms with van der Waals surface area (Å²) in [7, 11) is 0. The first-order valence-corrected chi connectivity index (χ1v) is 7.37. The van der Waals surface area contributed by atoms with Gasteiger partial charge >= 0.3 is 0 Å². The topological polar surface area (TPSA) is 36.4 Å². The number of anilines is 1. The Balaban J connectivity index is 0.000000861. The predicted molar refractivity (Wildman–Crippen MR) is 81.6 cm³/mol. The number of aryl methyl sites for hydroxylation is 1. The number of nitrogens with zero attached hydrogens (tertiary/aromatic N) is 2. The molecule has 2 rings (SSSR count). The van der Waals surface area contributed by atoms with E-state index in [0.29, 0.717) is 5.92 Å². The van der Waals surface area contributed by atoms with E-state index in [2.05, 4.69) is 16.0 Å². The molecule has 3 heteroatoms. The van der Waals surface area contributed by atoms with Crippen molar-refractivity contribution < 1.29 is 5.11 Å². The predicted octanol–water partition coefficient (Wildman–Crippen LogP) is 3.40. The molecule has 1 fully saturated rings. The van der Waals surface area contributed by atoms with Crippen LogP contribution in [0.5, 0.6) is 0 Å². The lowest BCUT2D eigenvalue weighted by Crippen LogP contribution is -2.44. The molecular formula is C16H28N2O. The molecule has 1 saturated heterocycles. The molecule has 0 bridgehead atoms. The van der Waals surface area contributed by atoms with Crippen molar-refractivity contribution in [3.05, 3.63) is 24.0 Å². The number of aromatic nitrogens is 1. The van der Waals surface area contributed by atoms with Crippen molar-refractivity contribution in [2.45, 2.75) is 53.1 Å². The van der Waals surface area contributed by atoms with E-state index in [1.807, 2.05) is 46.9 Å². The van der Waals surface area contributed by atoms with E-state index in [0.717, 1.165) is 31.6 Å². The Morgan fingerprint density at radius 3 is 2.53 bits per heavy atom. The number of hydrogen-bond acceptors (Lipinski definition) is 3. The molecule has 3 nitrogen and oxygen atoms in total. The SMILES string of the molecule is CC.Cc1ccc(N2CCCC(C(C)(C)O)C2)cn1. The van der Waals surface area contributed by atoms with Gasteiger partial charge in [-0.15, -0.1) is 0 Å². The van der Waals surface area contributed by atoms with Gasteiger partial charge in [-0.2, -0.15) is 0 Å². The zero-order valence-corrected chi connectivity index (χ0v) is 13.0. The minimum Gasteiger partial charge on any atom is -0.390 e. The van der Waals surface area contributed by atoms with Gasteiger partial charge in [-0.25, -0.2) is 0 Å². The van der Waals surface area contributed by atoms with Gasteiger partial charge in [-0.3, -0.25) is 4.98 Å². The second-order valence-corrected chi connectivity index (χ2v) is 5.60. The molecule has 1 atom stereocenters. The molecule has 1 aromatic heterocycles. The molecule has 2 heterocycles. The third-order valence-corrected chi connectivity index (χ3v) is 3.68. The van der Waals surface area contributed by atoms with Crippen molar-refractivity contribution in [2.75, 3.05) is 18.0 Å². The van der Waals surface area contributed by atoms with Gasteiger partial charge < -0.3 is 10.0 Å². The number of rotatable bonds is 2. The van der Waals surface area contributed by atoms with Gasteiger partial charge in [0.15, 0.2) is 0 Å². The van der Waals surface area contributed by atoms with E-state index in [1.54, 1.807) is 0 Å². The molecule has 0 aliphatic carbocycles. The highest BCUT2D eigenvalue weighted by Gasteiger charge is 2.31. The van der Waals surface area contributed by atoms with Gasteiger partial charge in [0.05, 0.1) is 17.5 Å². The van der Waals surface area contributed by atoms with Crippen LogP contribution in [0.4, 0.5) is 5.69 Å². The fourth-order valence-corrected chi connectivity index (χ4v) is 2.44. The van der Waals surface area contributed by atoms with Crippen LogP contribution < -0.4 is 4.90 Å². The first-order valence-electron chi connectivity index (χ1n) is 7.37. The molecule has 0 aromatic carbocycles. The maximum absolute atomic E-state index is 10.1. The largest absolute Gasteiger partial charge is 0.390 e. The Morgan fingerprint density at radius 1 is 1.32 bits per heavy atom. The normalized spacial score (nSPS) is 19.7. The van der Waals surface area contributed by atoms with Crippen LogP contribution in [0.2, 0.25) is 0 Å². The van der Waals surface area contributed by atoms with Gasteiger partial charge in [0.2, 0.25) is 0 Å². The van der Waals surface area contributed by atoms with Crippen molar-refractivity contribution in [2.24, 2.45) is 5.92 Å². The molecule has 0 saturated carbocycles. The lowest BCUT2D eigenvalue weighted by atomic mass is 9.84. The first-order chi connectivity index (χ1) is 8.97. The zero-order chi connectivity index (χ0) is 14.5. The Morgan fingerprint density at radius 2 is 2.00 bits per heavy atom. The van der Waals surface area contributed by atoms with E-state index in [-0.39, 0.29) is 0 Å². The number of pyridine rings is 1. The molecule has 1 aromatic rings. The third-order valence-electron chi connectivity index (χ3n) is 3.68. The molecule has 1 unspecified atom stereocenters. The highest BCUT2D eigenvalue weighted by molar-refractivity contribution is 5.45. The van der Waals surface area contributed by atoms with Gasteiger partial charge in [-0.1, -0.05) is 13.8 Å². The van der Waals surface area contributed by atoms with Gasteiger partial charge in [-0.05, 0) is 45.7 Å². The highest BCUT2D eigenvalue weighted by atomic mass is 16.3. The van der Waals surface area contributed by atoms with E-state index in [9.17, 15) is 5.11 Å². The molecule has 0 spiro atoms. The van der Waals surface area contributed by atoms with Crippen molar-refractivity contribution >= 4 is 5.69 Å². The molecule has 108 valence electrons. The van der Waals surface area contributed by atoms with Gasteiger partial charge in [0.1, 0.15) is 0 Å². The second-order valence-electron chi connectivity index (χ2n) is 5.60. The maximum atomic E-state index is 10.1. The molecule has 1 N–H and O–H groups in total. The van der Waals surface area contributed by atoms with Crippen LogP contribution in [-0.4, -0.2) is 28.8 Å². The fraction of sp³-hybridized carbons (Fsp3) is 0.688. The standard InChI is InChI=1S/C14H22N2O.C2H6/c1-11-6-7-13(9-15-11)16-8-4-5-12(10-16)14(2,3)17;1-2/h6-7,9,12,17H,4-5,8,10H2,1-3H3;1-2H3. The van der Waals surface area contributed by atoms with Crippen LogP contribution in [0.25, 0.3) is 0 Å². The summed E-state index contributed by atoms with van der Waals surface area (Å²) in [5.41, 5.74) is 1.63. The van der Waals surface area contributed by atoms with Gasteiger partial charge in [0.25, 0.3) is 0 Å². The van der Waals surface area contributed by atoms with Crippen molar-refractivity contribution in [1.82, 2.24) is 4.98 Å². The maximum Gasteiger partial charge on any atom is 0.0636 e. The quantitative estimate of drug-likeness (QED) is 0.889. The monoisotopic (exact) mass is 264 g/mol. The Bertz CT molecular complexity index is 367. The summed E-state index contributed by atoms with van der Waals surface area (Å²) in [5, 5.41) is 10.1. The molecule has 1 aliphatic heterocycles. The zero-order valence-electron chi connectivity index (χ0n) is 13.0. The van der Waals surface area contributed by atoms with Gasteiger partial charge in [0, 0.05) is 24.7 Å². The summed E-state index contributed by atoms with van der Waals surface area (Å²) < 4.78 is 0. The smallest absolute Gasteiger partial charge is 0.0636 e. The Kier molecular flexibility index (Phi) is 5.80. The van der Waals surface area contributed by atoms with Crippen LogP contribution in [0.1, 0.15) is 46.2 Å². The Hall–Kier alpha value is -1.09.